The van der Waals surface area contributed by atoms with Crippen LogP contribution in [-0.4, -0.2) is 31.7 Å². The fraction of sp³-hybridized carbons (Fsp3) is 0.176. The van der Waals surface area contributed by atoms with E-state index in [0.717, 1.165) is 6.07 Å². The van der Waals surface area contributed by atoms with Gasteiger partial charge in [-0.1, -0.05) is 17.7 Å². The standard InChI is InChI=1S/C17H13ClFNO5/c18-11-2-1-3-12(19)16(11)17(22)25-9-15(21)20-10-4-5-13-14(8-10)24-7-6-23-13/h1-5,8H,6-7,9H2,(H,20,21). The van der Waals surface area contributed by atoms with E-state index in [-0.39, 0.29) is 5.02 Å². The molecule has 1 N–H and O–H groups in total. The van der Waals surface area contributed by atoms with Gasteiger partial charge in [-0.25, -0.2) is 9.18 Å². The van der Waals surface area contributed by atoms with Gasteiger partial charge >= 0.3 is 5.97 Å². The highest BCUT2D eigenvalue weighted by atomic mass is 35.5. The molecule has 0 fully saturated rings. The number of amides is 1. The third kappa shape index (κ3) is 4.00. The van der Waals surface area contributed by atoms with Gasteiger partial charge in [-0.2, -0.15) is 0 Å². The number of esters is 1. The van der Waals surface area contributed by atoms with Gasteiger partial charge in [0.1, 0.15) is 24.6 Å². The Balaban J connectivity index is 1.59. The summed E-state index contributed by atoms with van der Waals surface area (Å²) in [5.74, 6) is -1.31. The number of rotatable bonds is 4. The molecular formula is C17H13ClFNO5. The van der Waals surface area contributed by atoms with E-state index in [1.165, 1.54) is 12.1 Å². The summed E-state index contributed by atoms with van der Waals surface area (Å²) in [6.45, 7) is 0.302. The normalized spacial score (nSPS) is 12.4. The first-order valence-electron chi connectivity index (χ1n) is 7.35. The van der Waals surface area contributed by atoms with Crippen LogP contribution < -0.4 is 14.8 Å². The Morgan fingerprint density at radius 1 is 1.16 bits per heavy atom. The number of benzene rings is 2. The molecule has 1 amide bonds. The van der Waals surface area contributed by atoms with Crippen molar-refractivity contribution in [3.05, 3.63) is 52.8 Å². The number of carbonyl (C=O) groups excluding carboxylic acids is 2. The molecule has 1 aliphatic heterocycles. The molecule has 25 heavy (non-hydrogen) atoms. The Morgan fingerprint density at radius 3 is 2.68 bits per heavy atom. The summed E-state index contributed by atoms with van der Waals surface area (Å²) in [7, 11) is 0. The molecule has 0 saturated heterocycles. The molecule has 0 aromatic heterocycles. The lowest BCUT2D eigenvalue weighted by Crippen LogP contribution is -2.22. The van der Waals surface area contributed by atoms with Gasteiger partial charge in [-0.15, -0.1) is 0 Å². The first kappa shape index (κ1) is 17.0. The number of hydrogen-bond acceptors (Lipinski definition) is 5. The van der Waals surface area contributed by atoms with Crippen molar-refractivity contribution < 1.29 is 28.2 Å². The maximum Gasteiger partial charge on any atom is 0.343 e. The van der Waals surface area contributed by atoms with E-state index in [1.54, 1.807) is 18.2 Å². The minimum Gasteiger partial charge on any atom is -0.486 e. The van der Waals surface area contributed by atoms with Gasteiger partial charge in [-0.05, 0) is 24.3 Å². The average molecular weight is 366 g/mol. The highest BCUT2D eigenvalue weighted by molar-refractivity contribution is 6.33. The Morgan fingerprint density at radius 2 is 1.92 bits per heavy atom. The number of halogens is 2. The van der Waals surface area contributed by atoms with Crippen molar-refractivity contribution in [2.75, 3.05) is 25.1 Å². The van der Waals surface area contributed by atoms with Crippen molar-refractivity contribution in [3.63, 3.8) is 0 Å². The number of carbonyl (C=O) groups is 2. The smallest absolute Gasteiger partial charge is 0.343 e. The van der Waals surface area contributed by atoms with Crippen LogP contribution in [0.25, 0.3) is 0 Å². The molecule has 0 saturated carbocycles. The number of hydrogen-bond donors (Lipinski definition) is 1. The predicted molar refractivity (Wildman–Crippen MR) is 87.8 cm³/mol. The zero-order chi connectivity index (χ0) is 17.8. The van der Waals surface area contributed by atoms with E-state index in [0.29, 0.717) is 30.4 Å². The van der Waals surface area contributed by atoms with Crippen molar-refractivity contribution in [2.45, 2.75) is 0 Å². The third-order valence-corrected chi connectivity index (χ3v) is 3.64. The van der Waals surface area contributed by atoms with Gasteiger partial charge in [0.15, 0.2) is 18.1 Å². The minimum absolute atomic E-state index is 0.0859. The molecule has 1 heterocycles. The maximum absolute atomic E-state index is 13.6. The molecule has 130 valence electrons. The van der Waals surface area contributed by atoms with Crippen LogP contribution in [0.3, 0.4) is 0 Å². The molecular weight excluding hydrogens is 353 g/mol. The summed E-state index contributed by atoms with van der Waals surface area (Å²) < 4.78 is 29.2. The van der Waals surface area contributed by atoms with Crippen molar-refractivity contribution in [3.8, 4) is 11.5 Å². The topological polar surface area (TPSA) is 73.9 Å². The minimum atomic E-state index is -1.01. The van der Waals surface area contributed by atoms with Crippen LogP contribution in [0.5, 0.6) is 11.5 Å². The molecule has 2 aromatic rings. The highest BCUT2D eigenvalue weighted by Crippen LogP contribution is 2.32. The van der Waals surface area contributed by atoms with Crippen LogP contribution >= 0.6 is 11.6 Å². The predicted octanol–water partition coefficient (Wildman–Crippen LogP) is 3.05. The zero-order valence-corrected chi connectivity index (χ0v) is 13.6. The highest BCUT2D eigenvalue weighted by Gasteiger charge is 2.19. The monoisotopic (exact) mass is 365 g/mol. The first-order valence-corrected chi connectivity index (χ1v) is 7.73. The van der Waals surface area contributed by atoms with Crippen LogP contribution in [-0.2, 0) is 9.53 Å². The number of fused-ring (bicyclic) bond motifs is 1. The maximum atomic E-state index is 13.6. The van der Waals surface area contributed by atoms with Gasteiger partial charge in [-0.3, -0.25) is 4.79 Å². The lowest BCUT2D eigenvalue weighted by atomic mass is 10.2. The molecule has 0 bridgehead atoms. The average Bonchev–Trinajstić information content (AvgIpc) is 2.60. The second-order valence-corrected chi connectivity index (χ2v) is 5.49. The van der Waals surface area contributed by atoms with Gasteiger partial charge in [0, 0.05) is 11.8 Å². The Hall–Kier alpha value is -2.80. The summed E-state index contributed by atoms with van der Waals surface area (Å²) >= 11 is 5.77. The molecule has 0 radical (unpaired) electrons. The molecule has 0 spiro atoms. The summed E-state index contributed by atoms with van der Waals surface area (Å²) in [6.07, 6.45) is 0. The van der Waals surface area contributed by atoms with Crippen molar-refractivity contribution in [2.24, 2.45) is 0 Å². The quantitative estimate of drug-likeness (QED) is 0.843. The van der Waals surface area contributed by atoms with Gasteiger partial charge in [0.05, 0.1) is 5.02 Å². The molecule has 6 nitrogen and oxygen atoms in total. The Labute approximate surface area is 147 Å². The SMILES string of the molecule is O=C(COC(=O)c1c(F)cccc1Cl)Nc1ccc2c(c1)OCCO2. The van der Waals surface area contributed by atoms with Crippen LogP contribution in [0.15, 0.2) is 36.4 Å². The molecule has 0 unspecified atom stereocenters. The largest absolute Gasteiger partial charge is 0.486 e. The molecule has 8 heteroatoms. The van der Waals surface area contributed by atoms with Crippen molar-refractivity contribution in [1.29, 1.82) is 0 Å². The number of nitrogens with one attached hydrogen (secondary N) is 1. The van der Waals surface area contributed by atoms with Crippen molar-refractivity contribution in [1.82, 2.24) is 0 Å². The molecule has 2 aromatic carbocycles. The van der Waals surface area contributed by atoms with E-state index in [2.05, 4.69) is 5.32 Å². The lowest BCUT2D eigenvalue weighted by molar-refractivity contribution is -0.119. The van der Waals surface area contributed by atoms with E-state index in [9.17, 15) is 14.0 Å². The molecule has 0 atom stereocenters. The molecule has 3 rings (SSSR count). The van der Waals surface area contributed by atoms with Gasteiger partial charge in [0.25, 0.3) is 5.91 Å². The first-order chi connectivity index (χ1) is 12.0. The van der Waals surface area contributed by atoms with Crippen LogP contribution in [0.2, 0.25) is 5.02 Å². The molecule has 1 aliphatic rings. The lowest BCUT2D eigenvalue weighted by Gasteiger charge is -2.19. The van der Waals surface area contributed by atoms with Crippen LogP contribution in [0.4, 0.5) is 10.1 Å². The van der Waals surface area contributed by atoms with Crippen LogP contribution in [0.1, 0.15) is 10.4 Å². The summed E-state index contributed by atoms with van der Waals surface area (Å²) in [5.41, 5.74) is 0.0468. The van der Waals surface area contributed by atoms with E-state index >= 15 is 0 Å². The second kappa shape index (κ2) is 7.40. The Bertz CT molecular complexity index is 806. The summed E-state index contributed by atoms with van der Waals surface area (Å²) in [4.78, 5) is 23.8. The van der Waals surface area contributed by atoms with Crippen LogP contribution in [0, 0.1) is 5.82 Å². The second-order valence-electron chi connectivity index (χ2n) is 5.08. The van der Waals surface area contributed by atoms with E-state index in [1.807, 2.05) is 0 Å². The number of ether oxygens (including phenoxy) is 3. The van der Waals surface area contributed by atoms with E-state index in [4.69, 9.17) is 25.8 Å². The summed E-state index contributed by atoms with van der Waals surface area (Å²) in [6, 6.07) is 8.69. The fourth-order valence-electron chi connectivity index (χ4n) is 2.21. The fourth-order valence-corrected chi connectivity index (χ4v) is 2.45. The van der Waals surface area contributed by atoms with Gasteiger partial charge in [0.2, 0.25) is 0 Å². The zero-order valence-electron chi connectivity index (χ0n) is 12.9. The molecule has 0 aliphatic carbocycles. The van der Waals surface area contributed by atoms with Crippen molar-refractivity contribution >= 4 is 29.2 Å². The summed E-state index contributed by atoms with van der Waals surface area (Å²) in [5, 5.41) is 2.46. The third-order valence-electron chi connectivity index (χ3n) is 3.33. The van der Waals surface area contributed by atoms with Gasteiger partial charge < -0.3 is 19.5 Å². The van der Waals surface area contributed by atoms with E-state index < -0.39 is 29.9 Å². The number of anilines is 1. The Kier molecular flexibility index (Phi) is 5.04.